The highest BCUT2D eigenvalue weighted by atomic mass is 19.1. The molecule has 6 heteroatoms. The minimum atomic E-state index is -0.481. The maximum Gasteiger partial charge on any atom is 0.214 e. The van der Waals surface area contributed by atoms with E-state index in [1.807, 2.05) is 6.08 Å². The summed E-state index contributed by atoms with van der Waals surface area (Å²) < 4.78 is 18.9. The average molecular weight is 305 g/mol. The standard InChI is InChI=1S/C16H20FN3O2/c1-16(2)9-20-10-18-14(7-15(20)19(16)3)22-8-11-4-12(17)6-13(21)5-11/h4-7,21H,8-10H2,1-3H3. The molecule has 1 aromatic carbocycles. The Hall–Kier alpha value is -2.24. The fourth-order valence-electron chi connectivity index (χ4n) is 2.76. The molecule has 1 saturated heterocycles. The molecule has 0 unspecified atom stereocenters. The number of hydrogen-bond donors (Lipinski definition) is 1. The number of fused-ring (bicyclic) bond motifs is 1. The van der Waals surface area contributed by atoms with Crippen LogP contribution in [0.1, 0.15) is 19.4 Å². The van der Waals surface area contributed by atoms with Gasteiger partial charge in [-0.25, -0.2) is 9.38 Å². The third kappa shape index (κ3) is 2.73. The van der Waals surface area contributed by atoms with E-state index >= 15 is 0 Å². The van der Waals surface area contributed by atoms with Gasteiger partial charge in [-0.15, -0.1) is 0 Å². The van der Waals surface area contributed by atoms with Crippen molar-refractivity contribution in [1.82, 2.24) is 9.80 Å². The highest BCUT2D eigenvalue weighted by Gasteiger charge is 2.38. The van der Waals surface area contributed by atoms with E-state index in [0.717, 1.165) is 18.4 Å². The van der Waals surface area contributed by atoms with Gasteiger partial charge in [0.2, 0.25) is 5.90 Å². The molecule has 118 valence electrons. The van der Waals surface area contributed by atoms with Crippen molar-refractivity contribution in [2.24, 2.45) is 4.99 Å². The van der Waals surface area contributed by atoms with Gasteiger partial charge in [0, 0.05) is 25.7 Å². The molecule has 1 aromatic rings. The topological polar surface area (TPSA) is 48.3 Å². The minimum absolute atomic E-state index is 0.0607. The first kappa shape index (κ1) is 14.7. The number of aromatic hydroxyl groups is 1. The van der Waals surface area contributed by atoms with Crippen LogP contribution in [-0.4, -0.2) is 46.6 Å². The summed E-state index contributed by atoms with van der Waals surface area (Å²) in [7, 11) is 2.05. The first-order valence-corrected chi connectivity index (χ1v) is 7.21. The Labute approximate surface area is 129 Å². The van der Waals surface area contributed by atoms with Gasteiger partial charge in [-0.05, 0) is 31.5 Å². The summed E-state index contributed by atoms with van der Waals surface area (Å²) >= 11 is 0. The summed E-state index contributed by atoms with van der Waals surface area (Å²) in [6.07, 6.45) is 1.90. The van der Waals surface area contributed by atoms with Crippen LogP contribution in [0, 0.1) is 5.82 Å². The second-order valence-electron chi connectivity index (χ2n) is 6.32. The summed E-state index contributed by atoms with van der Waals surface area (Å²) in [4.78, 5) is 8.80. The zero-order chi connectivity index (χ0) is 15.9. The number of aliphatic imine (C=N–C) groups is 1. The van der Waals surface area contributed by atoms with E-state index in [9.17, 15) is 9.50 Å². The second-order valence-corrected chi connectivity index (χ2v) is 6.32. The fraction of sp³-hybridized carbons (Fsp3) is 0.438. The van der Waals surface area contributed by atoms with E-state index in [4.69, 9.17) is 4.74 Å². The smallest absolute Gasteiger partial charge is 0.214 e. The van der Waals surface area contributed by atoms with Gasteiger partial charge in [0.25, 0.3) is 0 Å². The number of phenolic OH excluding ortho intramolecular Hbond substituents is 1. The molecule has 2 aliphatic rings. The summed E-state index contributed by atoms with van der Waals surface area (Å²) in [5.41, 5.74) is 0.631. The molecule has 5 nitrogen and oxygen atoms in total. The minimum Gasteiger partial charge on any atom is -0.508 e. The zero-order valence-electron chi connectivity index (χ0n) is 13.0. The van der Waals surface area contributed by atoms with Gasteiger partial charge >= 0.3 is 0 Å². The normalized spacial score (nSPS) is 19.6. The molecule has 0 radical (unpaired) electrons. The van der Waals surface area contributed by atoms with Gasteiger partial charge in [-0.1, -0.05) is 0 Å². The Kier molecular flexibility index (Phi) is 3.47. The molecule has 1 N–H and O–H groups in total. The average Bonchev–Trinajstić information content (AvgIpc) is 2.66. The third-order valence-corrected chi connectivity index (χ3v) is 4.13. The summed E-state index contributed by atoms with van der Waals surface area (Å²) in [6, 6.07) is 3.89. The molecule has 2 aliphatic heterocycles. The van der Waals surface area contributed by atoms with Gasteiger partial charge in [0.15, 0.2) is 0 Å². The summed E-state index contributed by atoms with van der Waals surface area (Å²) in [5.74, 6) is 1.02. The Bertz CT molecular complexity index is 635. The second kappa shape index (κ2) is 5.19. The lowest BCUT2D eigenvalue weighted by Gasteiger charge is -2.28. The predicted molar refractivity (Wildman–Crippen MR) is 81.8 cm³/mol. The maximum atomic E-state index is 13.2. The zero-order valence-corrected chi connectivity index (χ0v) is 13.0. The van der Waals surface area contributed by atoms with Crippen LogP contribution in [0.5, 0.6) is 5.75 Å². The molecule has 1 fully saturated rings. The number of benzene rings is 1. The summed E-state index contributed by atoms with van der Waals surface area (Å²) in [5, 5.41) is 9.40. The van der Waals surface area contributed by atoms with Crippen molar-refractivity contribution in [2.45, 2.75) is 26.0 Å². The van der Waals surface area contributed by atoms with Crippen molar-refractivity contribution in [3.8, 4) is 5.75 Å². The largest absolute Gasteiger partial charge is 0.508 e. The van der Waals surface area contributed by atoms with Crippen LogP contribution in [0.25, 0.3) is 0 Å². The number of phenols is 1. The molecule has 0 spiro atoms. The SMILES string of the molecule is CN1C2=CC(OCc3cc(O)cc(F)c3)=NCN2CC1(C)C. The maximum absolute atomic E-state index is 13.2. The van der Waals surface area contributed by atoms with E-state index in [2.05, 4.69) is 35.7 Å². The Balaban J connectivity index is 1.70. The Morgan fingerprint density at radius 2 is 2.14 bits per heavy atom. The molecule has 0 bridgehead atoms. The van der Waals surface area contributed by atoms with Crippen molar-refractivity contribution in [1.29, 1.82) is 0 Å². The number of ether oxygens (including phenoxy) is 1. The Morgan fingerprint density at radius 3 is 2.86 bits per heavy atom. The molecular formula is C16H20FN3O2. The molecule has 0 aromatic heterocycles. The molecule has 0 atom stereocenters. The van der Waals surface area contributed by atoms with E-state index in [0.29, 0.717) is 18.1 Å². The van der Waals surface area contributed by atoms with Crippen LogP contribution in [0.2, 0.25) is 0 Å². The Morgan fingerprint density at radius 1 is 1.36 bits per heavy atom. The number of nitrogens with zero attached hydrogens (tertiary/aromatic N) is 3. The van der Waals surface area contributed by atoms with Crippen molar-refractivity contribution in [2.75, 3.05) is 20.3 Å². The first-order valence-electron chi connectivity index (χ1n) is 7.21. The quantitative estimate of drug-likeness (QED) is 0.911. The molecular weight excluding hydrogens is 285 g/mol. The molecule has 2 heterocycles. The lowest BCUT2D eigenvalue weighted by Crippen LogP contribution is -2.36. The third-order valence-electron chi connectivity index (χ3n) is 4.13. The first-order chi connectivity index (χ1) is 10.3. The van der Waals surface area contributed by atoms with Crippen LogP contribution in [0.4, 0.5) is 4.39 Å². The van der Waals surface area contributed by atoms with E-state index in [1.165, 1.54) is 12.1 Å². The van der Waals surface area contributed by atoms with Crippen LogP contribution in [0.15, 0.2) is 35.1 Å². The van der Waals surface area contributed by atoms with Crippen LogP contribution in [0.3, 0.4) is 0 Å². The van der Waals surface area contributed by atoms with Gasteiger partial charge in [0.05, 0.1) is 5.54 Å². The number of likely N-dealkylation sites (N-methyl/N-ethyl adjacent to an activating group) is 1. The monoisotopic (exact) mass is 305 g/mol. The van der Waals surface area contributed by atoms with E-state index in [-0.39, 0.29) is 17.9 Å². The van der Waals surface area contributed by atoms with Crippen molar-refractivity contribution in [3.05, 3.63) is 41.5 Å². The van der Waals surface area contributed by atoms with Crippen LogP contribution in [-0.2, 0) is 11.3 Å². The number of rotatable bonds is 2. The van der Waals surface area contributed by atoms with Gasteiger partial charge in [-0.2, -0.15) is 0 Å². The van der Waals surface area contributed by atoms with Gasteiger partial charge in [-0.3, -0.25) is 0 Å². The van der Waals surface area contributed by atoms with Crippen molar-refractivity contribution < 1.29 is 14.2 Å². The van der Waals surface area contributed by atoms with Crippen molar-refractivity contribution in [3.63, 3.8) is 0 Å². The molecule has 0 saturated carbocycles. The molecule has 22 heavy (non-hydrogen) atoms. The number of hydrogen-bond acceptors (Lipinski definition) is 5. The highest BCUT2D eigenvalue weighted by molar-refractivity contribution is 5.89. The van der Waals surface area contributed by atoms with Crippen molar-refractivity contribution >= 4 is 5.90 Å². The molecule has 3 rings (SSSR count). The molecule has 0 aliphatic carbocycles. The van der Waals surface area contributed by atoms with E-state index < -0.39 is 5.82 Å². The fourth-order valence-corrected chi connectivity index (χ4v) is 2.76. The number of halogens is 1. The van der Waals surface area contributed by atoms with Gasteiger partial charge in [0.1, 0.15) is 30.7 Å². The lowest BCUT2D eigenvalue weighted by molar-refractivity contribution is 0.261. The van der Waals surface area contributed by atoms with Gasteiger partial charge < -0.3 is 19.6 Å². The summed E-state index contributed by atoms with van der Waals surface area (Å²) in [6.45, 7) is 6.01. The highest BCUT2D eigenvalue weighted by Crippen LogP contribution is 2.31. The van der Waals surface area contributed by atoms with Crippen LogP contribution < -0.4 is 0 Å². The van der Waals surface area contributed by atoms with Crippen LogP contribution >= 0.6 is 0 Å². The predicted octanol–water partition coefficient (Wildman–Crippen LogP) is 2.28. The molecule has 0 amide bonds. The lowest BCUT2D eigenvalue weighted by atomic mass is 10.1. The van der Waals surface area contributed by atoms with E-state index in [1.54, 1.807) is 0 Å².